The number of aryl methyl sites for hydroxylation is 1. The van der Waals surface area contributed by atoms with E-state index < -0.39 is 17.3 Å². The van der Waals surface area contributed by atoms with Crippen LogP contribution in [0.1, 0.15) is 21.6 Å². The summed E-state index contributed by atoms with van der Waals surface area (Å²) in [6.07, 6.45) is -0.0890. The molecule has 2 N–H and O–H groups in total. The summed E-state index contributed by atoms with van der Waals surface area (Å²) >= 11 is 6.17. The van der Waals surface area contributed by atoms with Crippen molar-refractivity contribution < 1.29 is 28.6 Å². The topological polar surface area (TPSA) is 89.8 Å². The van der Waals surface area contributed by atoms with Gasteiger partial charge in [0.2, 0.25) is 0 Å². The first kappa shape index (κ1) is 22.5. The Kier molecular flexibility index (Phi) is 5.88. The van der Waals surface area contributed by atoms with Gasteiger partial charge in [0.05, 0.1) is 37.3 Å². The molecule has 168 valence electrons. The number of carboxylic acid groups (broad SMARTS) is 1. The summed E-state index contributed by atoms with van der Waals surface area (Å²) in [6, 6.07) is 8.35. The number of aromatic nitrogens is 1. The number of hydrogen-bond donors (Lipinski definition) is 2. The maximum Gasteiger partial charge on any atom is 0.307 e. The van der Waals surface area contributed by atoms with Crippen LogP contribution in [-0.4, -0.2) is 41.9 Å². The third-order valence-electron chi connectivity index (χ3n) is 5.68. The lowest BCUT2D eigenvalue weighted by Crippen LogP contribution is -2.60. The Labute approximate surface area is 190 Å². The molecular formula is C22H21ClFN2O5P. The molecule has 1 atom stereocenters. The molecule has 1 unspecified atom stereocenters. The van der Waals surface area contributed by atoms with Crippen molar-refractivity contribution in [3.05, 3.63) is 58.0 Å². The number of nitrogens with zero attached hydrogens (tertiary/aromatic N) is 1. The number of ether oxygens (including phenoxy) is 2. The lowest BCUT2D eigenvalue weighted by Gasteiger charge is -2.43. The van der Waals surface area contributed by atoms with E-state index in [1.807, 2.05) is 6.07 Å². The number of carbonyl (C=O) groups excluding carboxylic acids is 1. The molecule has 1 amide bonds. The summed E-state index contributed by atoms with van der Waals surface area (Å²) < 4.78 is 26.5. The number of hydrogen-bond acceptors (Lipinski definition) is 4. The van der Waals surface area contributed by atoms with Crippen LogP contribution in [0.25, 0.3) is 10.9 Å². The molecule has 0 spiro atoms. The summed E-state index contributed by atoms with van der Waals surface area (Å²) in [4.78, 5) is 24.2. The molecule has 2 aromatic carbocycles. The van der Waals surface area contributed by atoms with Crippen LogP contribution in [0.15, 0.2) is 30.3 Å². The van der Waals surface area contributed by atoms with E-state index in [2.05, 4.69) is 14.6 Å². The van der Waals surface area contributed by atoms with Gasteiger partial charge in [0.1, 0.15) is 11.2 Å². The van der Waals surface area contributed by atoms with Gasteiger partial charge in [0.15, 0.2) is 11.6 Å². The van der Waals surface area contributed by atoms with Gasteiger partial charge in [-0.05, 0) is 22.5 Å². The summed E-state index contributed by atoms with van der Waals surface area (Å²) in [5.74, 6) is -1.98. The monoisotopic (exact) mass is 478 g/mol. The SMILES string of the molecule is COc1cc2c(cc(C(=O)NC3(c4ccc(CC(=O)O)cc4P)COC3)n2C)c(Cl)c1F. The number of amides is 1. The van der Waals surface area contributed by atoms with Gasteiger partial charge in [-0.1, -0.05) is 29.8 Å². The minimum absolute atomic E-state index is 0.00591. The van der Waals surface area contributed by atoms with Gasteiger partial charge in [-0.25, -0.2) is 4.39 Å². The molecule has 4 rings (SSSR count). The number of methoxy groups -OCH3 is 1. The molecule has 1 aliphatic heterocycles. The second-order valence-corrected chi connectivity index (χ2v) is 8.75. The number of aliphatic carboxylic acids is 1. The van der Waals surface area contributed by atoms with E-state index in [-0.39, 0.29) is 36.3 Å². The van der Waals surface area contributed by atoms with Gasteiger partial charge in [0.25, 0.3) is 5.91 Å². The average Bonchev–Trinajstić information content (AvgIpc) is 3.04. The van der Waals surface area contributed by atoms with Crippen LogP contribution >= 0.6 is 20.8 Å². The molecule has 0 aliphatic carbocycles. The molecule has 0 saturated carbocycles. The standard InChI is InChI=1S/C22H21ClFN2O5P/c1-26-14-8-16(30-2)20(24)19(23)12(14)7-15(26)21(29)25-22(9-31-10-22)13-4-3-11(5-17(13)32)6-18(27)28/h3-5,7-8H,6,9-10,32H2,1-2H3,(H,25,29)(H,27,28). The van der Waals surface area contributed by atoms with Crippen molar-refractivity contribution in [3.63, 3.8) is 0 Å². The van der Waals surface area contributed by atoms with Crippen molar-refractivity contribution in [3.8, 4) is 5.75 Å². The predicted molar refractivity (Wildman–Crippen MR) is 122 cm³/mol. The second kappa shape index (κ2) is 8.35. The molecule has 7 nitrogen and oxygen atoms in total. The predicted octanol–water partition coefficient (Wildman–Crippen LogP) is 2.76. The van der Waals surface area contributed by atoms with Crippen LogP contribution in [0.2, 0.25) is 5.02 Å². The summed E-state index contributed by atoms with van der Waals surface area (Å²) in [5, 5.41) is 13.1. The molecule has 0 bridgehead atoms. The summed E-state index contributed by atoms with van der Waals surface area (Å²) in [6.45, 7) is 0.539. The van der Waals surface area contributed by atoms with E-state index in [1.54, 1.807) is 29.8 Å². The van der Waals surface area contributed by atoms with Gasteiger partial charge >= 0.3 is 5.97 Å². The molecule has 3 aromatic rings. The third kappa shape index (κ3) is 3.72. The fourth-order valence-electron chi connectivity index (χ4n) is 3.96. The molecule has 32 heavy (non-hydrogen) atoms. The number of fused-ring (bicyclic) bond motifs is 1. The van der Waals surface area contributed by atoms with Gasteiger partial charge in [0, 0.05) is 18.5 Å². The molecule has 0 radical (unpaired) electrons. The Morgan fingerprint density at radius 3 is 2.62 bits per heavy atom. The lowest BCUT2D eigenvalue weighted by molar-refractivity contribution is -0.136. The first-order valence-corrected chi connectivity index (χ1v) is 10.6. The lowest BCUT2D eigenvalue weighted by atomic mass is 9.86. The normalized spacial score (nSPS) is 14.8. The first-order valence-electron chi connectivity index (χ1n) is 9.69. The number of benzene rings is 2. The van der Waals surface area contributed by atoms with Crippen LogP contribution in [-0.2, 0) is 28.5 Å². The maximum atomic E-state index is 14.4. The molecule has 1 saturated heterocycles. The van der Waals surface area contributed by atoms with Crippen LogP contribution in [0, 0.1) is 5.82 Å². The number of carboxylic acids is 1. The van der Waals surface area contributed by atoms with Crippen molar-refractivity contribution in [1.82, 2.24) is 9.88 Å². The maximum absolute atomic E-state index is 14.4. The van der Waals surface area contributed by atoms with E-state index >= 15 is 0 Å². The van der Waals surface area contributed by atoms with Gasteiger partial charge in [-0.2, -0.15) is 0 Å². The molecule has 10 heteroatoms. The van der Waals surface area contributed by atoms with Crippen LogP contribution in [0.4, 0.5) is 4.39 Å². The number of halogens is 2. The van der Waals surface area contributed by atoms with Crippen molar-refractivity contribution in [2.24, 2.45) is 7.05 Å². The zero-order valence-electron chi connectivity index (χ0n) is 17.4. The highest BCUT2D eigenvalue weighted by atomic mass is 35.5. The van der Waals surface area contributed by atoms with Gasteiger partial charge in [-0.15, -0.1) is 9.24 Å². The fraction of sp³-hybridized carbons (Fsp3) is 0.273. The molecule has 1 aliphatic rings. The van der Waals surface area contributed by atoms with Gasteiger partial charge in [-0.3, -0.25) is 9.59 Å². The molecule has 1 aromatic heterocycles. The van der Waals surface area contributed by atoms with E-state index in [1.165, 1.54) is 13.2 Å². The third-order valence-corrected chi connectivity index (χ3v) is 6.53. The smallest absolute Gasteiger partial charge is 0.307 e. The Morgan fingerprint density at radius 1 is 1.34 bits per heavy atom. The highest BCUT2D eigenvalue weighted by Gasteiger charge is 2.43. The fourth-order valence-corrected chi connectivity index (χ4v) is 4.79. The molecular weight excluding hydrogens is 458 g/mol. The van der Waals surface area contributed by atoms with E-state index in [9.17, 15) is 14.0 Å². The first-order chi connectivity index (χ1) is 15.2. The molecule has 2 heterocycles. The highest BCUT2D eigenvalue weighted by Crippen LogP contribution is 2.36. The largest absolute Gasteiger partial charge is 0.494 e. The van der Waals surface area contributed by atoms with Crippen molar-refractivity contribution in [2.45, 2.75) is 12.0 Å². The zero-order valence-corrected chi connectivity index (χ0v) is 19.3. The van der Waals surface area contributed by atoms with Crippen LogP contribution in [0.3, 0.4) is 0 Å². The number of nitrogens with one attached hydrogen (secondary N) is 1. The number of rotatable bonds is 6. The minimum atomic E-state index is -0.917. The van der Waals surface area contributed by atoms with Crippen molar-refractivity contribution in [1.29, 1.82) is 0 Å². The average molecular weight is 479 g/mol. The van der Waals surface area contributed by atoms with E-state index in [4.69, 9.17) is 26.2 Å². The summed E-state index contributed by atoms with van der Waals surface area (Å²) in [7, 11) is 5.63. The van der Waals surface area contributed by atoms with Crippen molar-refractivity contribution >= 4 is 48.9 Å². The van der Waals surface area contributed by atoms with Crippen molar-refractivity contribution in [2.75, 3.05) is 20.3 Å². The Hall–Kier alpha value is -2.67. The zero-order chi connectivity index (χ0) is 23.2. The minimum Gasteiger partial charge on any atom is -0.494 e. The van der Waals surface area contributed by atoms with E-state index in [0.717, 1.165) is 10.9 Å². The number of carbonyl (C=O) groups is 2. The highest BCUT2D eigenvalue weighted by molar-refractivity contribution is 7.27. The van der Waals surface area contributed by atoms with Crippen LogP contribution < -0.4 is 15.4 Å². The van der Waals surface area contributed by atoms with Gasteiger partial charge < -0.3 is 24.5 Å². The Bertz CT molecular complexity index is 1260. The second-order valence-electron chi connectivity index (χ2n) is 7.75. The summed E-state index contributed by atoms with van der Waals surface area (Å²) in [5.41, 5.74) is 1.57. The Balaban J connectivity index is 1.68. The van der Waals surface area contributed by atoms with E-state index in [0.29, 0.717) is 22.2 Å². The van der Waals surface area contributed by atoms with Crippen LogP contribution in [0.5, 0.6) is 5.75 Å². The molecule has 1 fully saturated rings. The quantitative estimate of drug-likeness (QED) is 0.532. The Morgan fingerprint density at radius 2 is 2.06 bits per heavy atom.